The van der Waals surface area contributed by atoms with Crippen LogP contribution >= 0.6 is 0 Å². The fourth-order valence-corrected chi connectivity index (χ4v) is 4.35. The Balaban J connectivity index is 1.21. The van der Waals surface area contributed by atoms with Gasteiger partial charge >= 0.3 is 18.2 Å². The van der Waals surface area contributed by atoms with Crippen LogP contribution in [0.2, 0.25) is 0 Å². The molecular weight excluding hydrogens is 530 g/mol. The van der Waals surface area contributed by atoms with Gasteiger partial charge in [0.2, 0.25) is 0 Å². The molecule has 8 nitrogen and oxygen atoms in total. The Morgan fingerprint density at radius 1 is 0.950 bits per heavy atom. The van der Waals surface area contributed by atoms with E-state index >= 15 is 4.39 Å². The smallest absolute Gasteiger partial charge is 0.416 e. The third kappa shape index (κ3) is 4.82. The number of hydrogen-bond donors (Lipinski definition) is 3. The second kappa shape index (κ2) is 9.49. The SMILES string of the molecule is O=C(O)Cc1c[nH]c2ccc(Oc3ncc(-c4ccc(-c5nc6ccc(C(F)(F)F)cc6[nH]5)c(F)c4)cn3)cc12. The minimum Gasteiger partial charge on any atom is -0.481 e. The van der Waals surface area contributed by atoms with E-state index in [1.165, 1.54) is 30.6 Å². The average molecular weight is 547 g/mol. The summed E-state index contributed by atoms with van der Waals surface area (Å²) in [4.78, 5) is 29.5. The maximum atomic E-state index is 15.1. The second-order valence-corrected chi connectivity index (χ2v) is 8.96. The number of alkyl halides is 3. The lowest BCUT2D eigenvalue weighted by molar-refractivity contribution is -0.138. The summed E-state index contributed by atoms with van der Waals surface area (Å²) in [5.74, 6) is -1.07. The van der Waals surface area contributed by atoms with Gasteiger partial charge in [0.05, 0.1) is 28.6 Å². The first-order valence-corrected chi connectivity index (χ1v) is 11.8. The van der Waals surface area contributed by atoms with E-state index in [1.807, 2.05) is 0 Å². The molecule has 12 heteroatoms. The summed E-state index contributed by atoms with van der Waals surface area (Å²) in [6.07, 6.45) is -0.0887. The molecule has 200 valence electrons. The molecule has 0 aliphatic carbocycles. The molecule has 40 heavy (non-hydrogen) atoms. The molecule has 0 amide bonds. The van der Waals surface area contributed by atoms with E-state index in [0.29, 0.717) is 27.8 Å². The van der Waals surface area contributed by atoms with Crippen molar-refractivity contribution in [2.24, 2.45) is 0 Å². The van der Waals surface area contributed by atoms with Gasteiger partial charge in [-0.3, -0.25) is 4.79 Å². The fourth-order valence-electron chi connectivity index (χ4n) is 4.35. The fraction of sp³-hybridized carbons (Fsp3) is 0.0714. The van der Waals surface area contributed by atoms with Crippen molar-refractivity contribution in [3.8, 4) is 34.3 Å². The van der Waals surface area contributed by atoms with Gasteiger partial charge in [0.1, 0.15) is 17.4 Å². The summed E-state index contributed by atoms with van der Waals surface area (Å²) in [6, 6.07) is 12.6. The van der Waals surface area contributed by atoms with Crippen LogP contribution in [0.25, 0.3) is 44.5 Å². The van der Waals surface area contributed by atoms with Crippen LogP contribution in [0.15, 0.2) is 73.2 Å². The number of aromatic nitrogens is 5. The zero-order valence-corrected chi connectivity index (χ0v) is 20.3. The number of imidazole rings is 1. The van der Waals surface area contributed by atoms with Gasteiger partial charge in [0, 0.05) is 35.1 Å². The molecule has 0 saturated heterocycles. The molecule has 3 aromatic heterocycles. The highest BCUT2D eigenvalue weighted by Gasteiger charge is 2.30. The molecular formula is C28H17F4N5O3. The van der Waals surface area contributed by atoms with E-state index < -0.39 is 23.5 Å². The van der Waals surface area contributed by atoms with Crippen LogP contribution in [0.5, 0.6) is 11.8 Å². The van der Waals surface area contributed by atoms with Gasteiger partial charge in [0.25, 0.3) is 0 Å². The van der Waals surface area contributed by atoms with E-state index in [0.717, 1.165) is 17.6 Å². The Kier molecular flexibility index (Phi) is 5.94. The van der Waals surface area contributed by atoms with Crippen LogP contribution in [-0.2, 0) is 17.4 Å². The van der Waals surface area contributed by atoms with Crippen LogP contribution in [-0.4, -0.2) is 36.0 Å². The molecule has 0 unspecified atom stereocenters. The number of fused-ring (bicyclic) bond motifs is 2. The van der Waals surface area contributed by atoms with E-state index in [2.05, 4.69) is 24.9 Å². The van der Waals surface area contributed by atoms with Crippen LogP contribution < -0.4 is 4.74 Å². The third-order valence-electron chi connectivity index (χ3n) is 6.28. The van der Waals surface area contributed by atoms with Gasteiger partial charge in [0.15, 0.2) is 0 Å². The Labute approximate surface area is 222 Å². The van der Waals surface area contributed by atoms with Crippen LogP contribution in [0, 0.1) is 5.82 Å². The number of carboxylic acid groups (broad SMARTS) is 1. The number of nitrogens with one attached hydrogen (secondary N) is 2. The number of halogens is 4. The van der Waals surface area contributed by atoms with E-state index in [4.69, 9.17) is 9.84 Å². The molecule has 0 bridgehead atoms. The van der Waals surface area contributed by atoms with Gasteiger partial charge in [-0.15, -0.1) is 0 Å². The maximum absolute atomic E-state index is 15.1. The molecule has 0 aliphatic heterocycles. The first-order valence-electron chi connectivity index (χ1n) is 11.8. The van der Waals surface area contributed by atoms with Crippen molar-refractivity contribution in [1.29, 1.82) is 0 Å². The largest absolute Gasteiger partial charge is 0.481 e. The zero-order valence-electron chi connectivity index (χ0n) is 20.3. The lowest BCUT2D eigenvalue weighted by atomic mass is 10.1. The molecule has 0 aliphatic rings. The molecule has 6 aromatic rings. The first kappa shape index (κ1) is 25.0. The molecule has 3 heterocycles. The Morgan fingerprint density at radius 2 is 1.75 bits per heavy atom. The number of H-pyrrole nitrogens is 2. The van der Waals surface area contributed by atoms with Crippen molar-refractivity contribution in [3.63, 3.8) is 0 Å². The highest BCUT2D eigenvalue weighted by molar-refractivity contribution is 5.88. The van der Waals surface area contributed by atoms with Crippen molar-refractivity contribution >= 4 is 27.9 Å². The first-order chi connectivity index (χ1) is 19.1. The summed E-state index contributed by atoms with van der Waals surface area (Å²) in [6.45, 7) is 0. The van der Waals surface area contributed by atoms with Gasteiger partial charge < -0.3 is 19.8 Å². The predicted octanol–water partition coefficient (Wildman–Crippen LogP) is 6.75. The van der Waals surface area contributed by atoms with Gasteiger partial charge in [-0.2, -0.15) is 13.2 Å². The average Bonchev–Trinajstić information content (AvgIpc) is 3.51. The van der Waals surface area contributed by atoms with Crippen molar-refractivity contribution in [2.45, 2.75) is 12.6 Å². The predicted molar refractivity (Wildman–Crippen MR) is 137 cm³/mol. The highest BCUT2D eigenvalue weighted by atomic mass is 19.4. The van der Waals surface area contributed by atoms with Crippen molar-refractivity contribution in [1.82, 2.24) is 24.9 Å². The molecule has 0 radical (unpaired) electrons. The quantitative estimate of drug-likeness (QED) is 0.199. The highest BCUT2D eigenvalue weighted by Crippen LogP contribution is 2.33. The monoisotopic (exact) mass is 547 g/mol. The summed E-state index contributed by atoms with van der Waals surface area (Å²) < 4.78 is 59.8. The summed E-state index contributed by atoms with van der Waals surface area (Å²) >= 11 is 0. The van der Waals surface area contributed by atoms with E-state index in [-0.39, 0.29) is 34.9 Å². The van der Waals surface area contributed by atoms with Crippen molar-refractivity contribution in [2.75, 3.05) is 0 Å². The summed E-state index contributed by atoms with van der Waals surface area (Å²) in [7, 11) is 0. The molecule has 0 atom stereocenters. The number of aliphatic carboxylic acids is 1. The number of ether oxygens (including phenoxy) is 1. The molecule has 0 spiro atoms. The van der Waals surface area contributed by atoms with E-state index in [1.54, 1.807) is 30.5 Å². The zero-order chi connectivity index (χ0) is 28.0. The molecule has 0 fully saturated rings. The van der Waals surface area contributed by atoms with Crippen molar-refractivity contribution in [3.05, 3.63) is 90.1 Å². The number of rotatable bonds is 6. The minimum atomic E-state index is -4.50. The number of nitrogens with zero attached hydrogens (tertiary/aromatic N) is 3. The Bertz CT molecular complexity index is 1890. The number of carboxylic acids is 1. The van der Waals surface area contributed by atoms with Crippen molar-refractivity contribution < 1.29 is 32.2 Å². The number of hydrogen-bond acceptors (Lipinski definition) is 5. The maximum Gasteiger partial charge on any atom is 0.416 e. The Morgan fingerprint density at radius 3 is 2.48 bits per heavy atom. The lowest BCUT2D eigenvalue weighted by Crippen LogP contribution is -2.04. The third-order valence-corrected chi connectivity index (χ3v) is 6.28. The standard InChI is InChI=1S/C28H17F4N5O3/c29-21-7-14(1-4-19(21)26-36-23-5-2-17(28(30,31)32)9-24(23)37-26)16-12-34-27(35-13-16)40-18-3-6-22-20(10-18)15(11-33-22)8-25(38)39/h1-7,9-13,33H,8H2,(H,36,37)(H,38,39). The second-order valence-electron chi connectivity index (χ2n) is 8.96. The lowest BCUT2D eigenvalue weighted by Gasteiger charge is -2.07. The number of aromatic amines is 2. The molecule has 3 N–H and O–H groups in total. The number of benzene rings is 3. The molecule has 3 aromatic carbocycles. The van der Waals surface area contributed by atoms with Crippen LogP contribution in [0.1, 0.15) is 11.1 Å². The number of carbonyl (C=O) groups is 1. The van der Waals surface area contributed by atoms with Crippen LogP contribution in [0.3, 0.4) is 0 Å². The Hall–Kier alpha value is -5.26. The molecule has 6 rings (SSSR count). The normalized spacial score (nSPS) is 11.8. The van der Waals surface area contributed by atoms with Gasteiger partial charge in [-0.1, -0.05) is 6.07 Å². The van der Waals surface area contributed by atoms with Gasteiger partial charge in [-0.05, 0) is 59.7 Å². The van der Waals surface area contributed by atoms with E-state index in [9.17, 15) is 18.0 Å². The van der Waals surface area contributed by atoms with Crippen LogP contribution in [0.4, 0.5) is 17.6 Å². The summed E-state index contributed by atoms with van der Waals surface area (Å²) in [5, 5.41) is 9.80. The summed E-state index contributed by atoms with van der Waals surface area (Å²) in [5.41, 5.74) is 2.04. The topological polar surface area (TPSA) is 117 Å². The minimum absolute atomic E-state index is 0.0380. The van der Waals surface area contributed by atoms with Gasteiger partial charge in [-0.25, -0.2) is 19.3 Å². The molecule has 0 saturated carbocycles.